The minimum atomic E-state index is -0.676. The Labute approximate surface area is 142 Å². The number of fused-ring (bicyclic) bond motifs is 1. The summed E-state index contributed by atoms with van der Waals surface area (Å²) >= 11 is 0. The number of H-pyrrole nitrogens is 1. The number of aromatic nitrogens is 4. The predicted octanol–water partition coefficient (Wildman–Crippen LogP) is 2.27. The highest BCUT2D eigenvalue weighted by molar-refractivity contribution is 5.88. The lowest BCUT2D eigenvalue weighted by Crippen LogP contribution is -2.32. The summed E-state index contributed by atoms with van der Waals surface area (Å²) < 4.78 is 19.8. The van der Waals surface area contributed by atoms with Gasteiger partial charge in [0.15, 0.2) is 0 Å². The van der Waals surface area contributed by atoms with Crippen LogP contribution < -0.4 is 5.56 Å². The van der Waals surface area contributed by atoms with Gasteiger partial charge in [0.1, 0.15) is 34.7 Å². The molecule has 0 bridgehead atoms. The molecule has 7 nitrogen and oxygen atoms in total. The summed E-state index contributed by atoms with van der Waals surface area (Å²) in [6.45, 7) is 4.85. The topological polar surface area (TPSA) is 89.9 Å². The lowest BCUT2D eigenvalue weighted by atomic mass is 10.1. The fourth-order valence-corrected chi connectivity index (χ4v) is 2.41. The van der Waals surface area contributed by atoms with Gasteiger partial charge in [-0.25, -0.2) is 14.1 Å². The number of nitrogens with zero attached hydrogens (tertiary/aromatic N) is 3. The summed E-state index contributed by atoms with van der Waals surface area (Å²) in [7, 11) is 0. The van der Waals surface area contributed by atoms with E-state index in [0.717, 1.165) is 4.68 Å². The van der Waals surface area contributed by atoms with E-state index in [-0.39, 0.29) is 12.1 Å². The van der Waals surface area contributed by atoms with E-state index in [1.807, 2.05) is 0 Å². The molecule has 0 saturated heterocycles. The van der Waals surface area contributed by atoms with Crippen LogP contribution in [0.2, 0.25) is 0 Å². The third kappa shape index (κ3) is 3.57. The van der Waals surface area contributed by atoms with Crippen LogP contribution in [0.3, 0.4) is 0 Å². The molecule has 2 heterocycles. The van der Waals surface area contributed by atoms with Crippen LogP contribution in [0.25, 0.3) is 22.3 Å². The first-order valence-corrected chi connectivity index (χ1v) is 7.66. The summed E-state index contributed by atoms with van der Waals surface area (Å²) in [6.07, 6.45) is 1.36. The number of imidazole rings is 1. The normalized spacial score (nSPS) is 11.7. The molecule has 0 spiro atoms. The molecule has 0 radical (unpaired) electrons. The Morgan fingerprint density at radius 2 is 2.12 bits per heavy atom. The Hall–Kier alpha value is -3.03. The molecule has 1 aromatic carbocycles. The number of esters is 1. The Kier molecular flexibility index (Phi) is 4.12. The molecule has 8 heteroatoms. The number of carbonyl (C=O) groups is 1. The van der Waals surface area contributed by atoms with Crippen molar-refractivity contribution in [2.75, 3.05) is 0 Å². The van der Waals surface area contributed by atoms with Crippen LogP contribution in [0, 0.1) is 5.82 Å². The number of carbonyl (C=O) groups excluding carboxylic acids is 1. The molecule has 130 valence electrons. The van der Waals surface area contributed by atoms with Crippen molar-refractivity contribution < 1.29 is 13.9 Å². The highest BCUT2D eigenvalue weighted by Crippen LogP contribution is 2.23. The van der Waals surface area contributed by atoms with Crippen molar-refractivity contribution in [2.24, 2.45) is 0 Å². The van der Waals surface area contributed by atoms with E-state index < -0.39 is 22.9 Å². The number of aromatic amines is 1. The molecule has 0 saturated carbocycles. The summed E-state index contributed by atoms with van der Waals surface area (Å²) in [4.78, 5) is 31.4. The van der Waals surface area contributed by atoms with Gasteiger partial charge in [-0.2, -0.15) is 5.10 Å². The van der Waals surface area contributed by atoms with E-state index in [2.05, 4.69) is 15.1 Å². The second-order valence-electron chi connectivity index (χ2n) is 6.53. The fraction of sp³-hybridized carbons (Fsp3) is 0.294. The fourth-order valence-electron chi connectivity index (χ4n) is 2.41. The highest BCUT2D eigenvalue weighted by Gasteiger charge is 2.20. The van der Waals surface area contributed by atoms with Gasteiger partial charge in [0, 0.05) is 5.56 Å². The minimum Gasteiger partial charge on any atom is -0.459 e. The van der Waals surface area contributed by atoms with Crippen LogP contribution in [-0.4, -0.2) is 31.3 Å². The van der Waals surface area contributed by atoms with Crippen molar-refractivity contribution in [3.8, 4) is 11.3 Å². The van der Waals surface area contributed by atoms with E-state index in [1.54, 1.807) is 26.8 Å². The Balaban J connectivity index is 2.10. The van der Waals surface area contributed by atoms with Crippen LogP contribution in [0.1, 0.15) is 20.8 Å². The molecule has 0 unspecified atom stereocenters. The lowest BCUT2D eigenvalue weighted by Gasteiger charge is -2.19. The molecule has 25 heavy (non-hydrogen) atoms. The van der Waals surface area contributed by atoms with Gasteiger partial charge in [-0.05, 0) is 32.9 Å². The zero-order chi connectivity index (χ0) is 18.2. The van der Waals surface area contributed by atoms with E-state index in [1.165, 1.54) is 24.5 Å². The quantitative estimate of drug-likeness (QED) is 0.736. The maximum absolute atomic E-state index is 13.6. The first-order chi connectivity index (χ1) is 11.7. The van der Waals surface area contributed by atoms with Gasteiger partial charge in [-0.15, -0.1) is 0 Å². The Bertz CT molecular complexity index is 1000. The number of hydrogen-bond donors (Lipinski definition) is 1. The number of hydrogen-bond acceptors (Lipinski definition) is 5. The Morgan fingerprint density at radius 3 is 2.80 bits per heavy atom. The maximum Gasteiger partial charge on any atom is 0.328 e. The zero-order valence-electron chi connectivity index (χ0n) is 14.0. The van der Waals surface area contributed by atoms with Crippen molar-refractivity contribution in [3.05, 3.63) is 46.8 Å². The largest absolute Gasteiger partial charge is 0.459 e. The number of rotatable bonds is 3. The number of halogens is 1. The molecule has 0 amide bonds. The monoisotopic (exact) mass is 344 g/mol. The standard InChI is InChI=1S/C17H17FN4O3/c1-17(2,3)25-12(23)8-22-16(24)15-14(19-9-20-15)13(21-22)10-5-4-6-11(18)7-10/h4-7,9H,8H2,1-3H3,(H,19,20). The average molecular weight is 344 g/mol. The summed E-state index contributed by atoms with van der Waals surface area (Å²) in [5.74, 6) is -1.03. The molecule has 2 aromatic heterocycles. The molecule has 0 fully saturated rings. The SMILES string of the molecule is CC(C)(C)OC(=O)Cn1nc(-c2cccc(F)c2)c2nc[nH]c2c1=O. The van der Waals surface area contributed by atoms with E-state index in [0.29, 0.717) is 16.8 Å². The van der Waals surface area contributed by atoms with Gasteiger partial charge < -0.3 is 9.72 Å². The minimum absolute atomic E-state index is 0.192. The van der Waals surface area contributed by atoms with Gasteiger partial charge in [-0.1, -0.05) is 12.1 Å². The third-order valence-corrected chi connectivity index (χ3v) is 3.33. The van der Waals surface area contributed by atoms with E-state index in [4.69, 9.17) is 4.74 Å². The highest BCUT2D eigenvalue weighted by atomic mass is 19.1. The van der Waals surface area contributed by atoms with Crippen molar-refractivity contribution in [1.29, 1.82) is 0 Å². The third-order valence-electron chi connectivity index (χ3n) is 3.33. The number of nitrogens with one attached hydrogen (secondary N) is 1. The van der Waals surface area contributed by atoms with Gasteiger partial charge in [0.25, 0.3) is 5.56 Å². The van der Waals surface area contributed by atoms with Crippen LogP contribution in [0.4, 0.5) is 4.39 Å². The van der Waals surface area contributed by atoms with E-state index in [9.17, 15) is 14.0 Å². The summed E-state index contributed by atoms with van der Waals surface area (Å²) in [5, 5.41) is 4.21. The number of ether oxygens (including phenoxy) is 1. The predicted molar refractivity (Wildman–Crippen MR) is 89.4 cm³/mol. The zero-order valence-corrected chi connectivity index (χ0v) is 14.0. The van der Waals surface area contributed by atoms with Crippen molar-refractivity contribution in [3.63, 3.8) is 0 Å². The first kappa shape index (κ1) is 16.8. The van der Waals surface area contributed by atoms with Gasteiger partial charge in [0.2, 0.25) is 0 Å². The maximum atomic E-state index is 13.6. The molecular weight excluding hydrogens is 327 g/mol. The summed E-state index contributed by atoms with van der Waals surface area (Å²) in [6, 6.07) is 5.79. The average Bonchev–Trinajstić information content (AvgIpc) is 2.98. The van der Waals surface area contributed by atoms with Crippen LogP contribution >= 0.6 is 0 Å². The second kappa shape index (κ2) is 6.12. The van der Waals surface area contributed by atoms with Gasteiger partial charge in [-0.3, -0.25) is 9.59 Å². The molecule has 1 N–H and O–H groups in total. The number of benzene rings is 1. The molecule has 0 atom stereocenters. The first-order valence-electron chi connectivity index (χ1n) is 7.66. The second-order valence-corrected chi connectivity index (χ2v) is 6.53. The van der Waals surface area contributed by atoms with Gasteiger partial charge >= 0.3 is 5.97 Å². The van der Waals surface area contributed by atoms with Crippen molar-refractivity contribution >= 4 is 17.0 Å². The molecule has 0 aliphatic carbocycles. The lowest BCUT2D eigenvalue weighted by molar-refractivity contribution is -0.155. The molecule has 0 aliphatic rings. The van der Waals surface area contributed by atoms with Crippen molar-refractivity contribution in [2.45, 2.75) is 32.9 Å². The Morgan fingerprint density at radius 1 is 1.36 bits per heavy atom. The van der Waals surface area contributed by atoms with Crippen LogP contribution in [0.15, 0.2) is 35.4 Å². The molecular formula is C17H17FN4O3. The van der Waals surface area contributed by atoms with Crippen LogP contribution in [-0.2, 0) is 16.1 Å². The molecule has 0 aliphatic heterocycles. The molecule has 3 rings (SSSR count). The van der Waals surface area contributed by atoms with Crippen molar-refractivity contribution in [1.82, 2.24) is 19.7 Å². The van der Waals surface area contributed by atoms with Gasteiger partial charge in [0.05, 0.1) is 6.33 Å². The smallest absolute Gasteiger partial charge is 0.328 e. The van der Waals surface area contributed by atoms with Crippen LogP contribution in [0.5, 0.6) is 0 Å². The van der Waals surface area contributed by atoms with E-state index >= 15 is 0 Å². The summed E-state index contributed by atoms with van der Waals surface area (Å²) in [5.41, 5.74) is 0.0887. The molecule has 3 aromatic rings.